The summed E-state index contributed by atoms with van der Waals surface area (Å²) < 4.78 is 0. The minimum absolute atomic E-state index is 0.384. The van der Waals surface area contributed by atoms with E-state index in [-0.39, 0.29) is 6.03 Å². The lowest BCUT2D eigenvalue weighted by atomic mass is 10.1. The van der Waals surface area contributed by atoms with Gasteiger partial charge < -0.3 is 10.6 Å². The average molecular weight is 228 g/mol. The lowest BCUT2D eigenvalue weighted by molar-refractivity contribution is 0.219. The Labute approximate surface area is 101 Å². The highest BCUT2D eigenvalue weighted by atomic mass is 16.2. The third-order valence-electron chi connectivity index (χ3n) is 2.93. The van der Waals surface area contributed by atoms with Gasteiger partial charge in [0.05, 0.1) is 0 Å². The number of hydrogen-bond donors (Lipinski definition) is 1. The van der Waals surface area contributed by atoms with E-state index in [2.05, 4.69) is 30.3 Å². The van der Waals surface area contributed by atoms with Gasteiger partial charge in [0.15, 0.2) is 0 Å². The highest BCUT2D eigenvalue weighted by molar-refractivity contribution is 5.83. The fourth-order valence-corrected chi connectivity index (χ4v) is 1.80. The molecule has 17 heavy (non-hydrogen) atoms. The van der Waals surface area contributed by atoms with Gasteiger partial charge in [-0.15, -0.1) is 0 Å². The van der Waals surface area contributed by atoms with Crippen LogP contribution in [-0.4, -0.2) is 24.5 Å². The molecule has 0 spiro atoms. The summed E-state index contributed by atoms with van der Waals surface area (Å²) in [6, 6.07) is 14.2. The molecule has 2 aromatic carbocycles. The molecular formula is C14H16N2O. The molecule has 2 rings (SSSR count). The topological polar surface area (TPSA) is 46.3 Å². The zero-order chi connectivity index (χ0) is 12.3. The molecule has 0 saturated heterocycles. The first kappa shape index (κ1) is 11.5. The van der Waals surface area contributed by atoms with Crippen molar-refractivity contribution in [2.45, 2.75) is 6.42 Å². The average Bonchev–Trinajstić information content (AvgIpc) is 2.35. The maximum Gasteiger partial charge on any atom is 0.314 e. The van der Waals surface area contributed by atoms with E-state index in [1.165, 1.54) is 21.2 Å². The first-order valence-electron chi connectivity index (χ1n) is 5.65. The number of likely N-dealkylation sites (N-methyl/N-ethyl adjacent to an activating group) is 1. The molecule has 0 heterocycles. The fourth-order valence-electron chi connectivity index (χ4n) is 1.80. The van der Waals surface area contributed by atoms with Gasteiger partial charge in [0.1, 0.15) is 0 Å². The molecule has 88 valence electrons. The zero-order valence-electron chi connectivity index (χ0n) is 9.89. The van der Waals surface area contributed by atoms with Crippen LogP contribution in [0.5, 0.6) is 0 Å². The van der Waals surface area contributed by atoms with E-state index < -0.39 is 0 Å². The largest absolute Gasteiger partial charge is 0.351 e. The molecule has 3 heteroatoms. The van der Waals surface area contributed by atoms with Gasteiger partial charge in [-0.1, -0.05) is 42.5 Å². The number of rotatable bonds is 3. The number of primary amides is 1. The van der Waals surface area contributed by atoms with Crippen molar-refractivity contribution >= 4 is 16.8 Å². The molecule has 0 fully saturated rings. The Kier molecular flexibility index (Phi) is 3.28. The molecule has 0 aliphatic heterocycles. The van der Waals surface area contributed by atoms with E-state index in [1.54, 1.807) is 7.05 Å². The van der Waals surface area contributed by atoms with Gasteiger partial charge >= 0.3 is 6.03 Å². The van der Waals surface area contributed by atoms with Gasteiger partial charge in [0.25, 0.3) is 0 Å². The maximum atomic E-state index is 10.9. The lowest BCUT2D eigenvalue weighted by Crippen LogP contribution is -2.33. The first-order valence-corrected chi connectivity index (χ1v) is 5.65. The van der Waals surface area contributed by atoms with Crippen molar-refractivity contribution in [2.24, 2.45) is 5.73 Å². The third-order valence-corrected chi connectivity index (χ3v) is 2.93. The van der Waals surface area contributed by atoms with Gasteiger partial charge in [0, 0.05) is 13.6 Å². The van der Waals surface area contributed by atoms with Crippen molar-refractivity contribution in [2.75, 3.05) is 13.6 Å². The van der Waals surface area contributed by atoms with Crippen molar-refractivity contribution < 1.29 is 4.79 Å². The van der Waals surface area contributed by atoms with Crippen LogP contribution in [0.3, 0.4) is 0 Å². The standard InChI is InChI=1S/C14H16N2O/c1-16(14(15)17)9-8-11-6-7-12-4-2-3-5-13(12)10-11/h2-7,10H,8-9H2,1H3,(H2,15,17). The van der Waals surface area contributed by atoms with E-state index in [0.29, 0.717) is 6.54 Å². The molecule has 3 nitrogen and oxygen atoms in total. The second-order valence-electron chi connectivity index (χ2n) is 4.19. The Bertz CT molecular complexity index is 536. The number of hydrogen-bond acceptors (Lipinski definition) is 1. The highest BCUT2D eigenvalue weighted by Gasteiger charge is 2.03. The number of urea groups is 1. The number of nitrogens with zero attached hydrogens (tertiary/aromatic N) is 1. The maximum absolute atomic E-state index is 10.9. The number of fused-ring (bicyclic) bond motifs is 1. The Morgan fingerprint density at radius 1 is 1.18 bits per heavy atom. The predicted octanol–water partition coefficient (Wildman–Crippen LogP) is 2.39. The van der Waals surface area contributed by atoms with Gasteiger partial charge in [-0.05, 0) is 22.8 Å². The molecule has 0 aliphatic carbocycles. The molecule has 0 unspecified atom stereocenters. The van der Waals surface area contributed by atoms with Crippen molar-refractivity contribution in [3.8, 4) is 0 Å². The Hall–Kier alpha value is -2.03. The number of nitrogens with two attached hydrogens (primary N) is 1. The normalized spacial score (nSPS) is 10.4. The number of benzene rings is 2. The van der Waals surface area contributed by atoms with E-state index in [0.717, 1.165) is 6.42 Å². The van der Waals surface area contributed by atoms with Gasteiger partial charge in [-0.25, -0.2) is 4.79 Å². The van der Waals surface area contributed by atoms with Crippen LogP contribution in [0.2, 0.25) is 0 Å². The van der Waals surface area contributed by atoms with Gasteiger partial charge in [-0.3, -0.25) is 0 Å². The smallest absolute Gasteiger partial charge is 0.314 e. The molecule has 0 radical (unpaired) electrons. The van der Waals surface area contributed by atoms with Crippen molar-refractivity contribution in [3.63, 3.8) is 0 Å². The van der Waals surface area contributed by atoms with Crippen LogP contribution in [0.1, 0.15) is 5.56 Å². The molecule has 2 amide bonds. The lowest BCUT2D eigenvalue weighted by Gasteiger charge is -2.13. The van der Waals surface area contributed by atoms with Crippen LogP contribution in [0.4, 0.5) is 4.79 Å². The Morgan fingerprint density at radius 2 is 1.88 bits per heavy atom. The summed E-state index contributed by atoms with van der Waals surface area (Å²) in [6.45, 7) is 0.647. The van der Waals surface area contributed by atoms with Crippen LogP contribution in [0.25, 0.3) is 10.8 Å². The monoisotopic (exact) mass is 228 g/mol. The Morgan fingerprint density at radius 3 is 2.59 bits per heavy atom. The van der Waals surface area contributed by atoms with Crippen molar-refractivity contribution in [1.29, 1.82) is 0 Å². The predicted molar refractivity (Wildman–Crippen MR) is 69.9 cm³/mol. The summed E-state index contributed by atoms with van der Waals surface area (Å²) in [5, 5.41) is 2.46. The summed E-state index contributed by atoms with van der Waals surface area (Å²) in [5.41, 5.74) is 6.40. The minimum Gasteiger partial charge on any atom is -0.351 e. The number of carbonyl (C=O) groups is 1. The fraction of sp³-hybridized carbons (Fsp3) is 0.214. The summed E-state index contributed by atoms with van der Waals surface area (Å²) in [7, 11) is 1.71. The van der Waals surface area contributed by atoms with E-state index in [4.69, 9.17) is 5.73 Å². The summed E-state index contributed by atoms with van der Waals surface area (Å²) in [6.07, 6.45) is 0.824. The van der Waals surface area contributed by atoms with E-state index in [9.17, 15) is 4.79 Å². The van der Waals surface area contributed by atoms with E-state index in [1.807, 2.05) is 12.1 Å². The molecule has 0 saturated carbocycles. The molecule has 0 aromatic heterocycles. The summed E-state index contributed by atoms with van der Waals surface area (Å²) in [4.78, 5) is 12.4. The van der Waals surface area contributed by atoms with Gasteiger partial charge in [-0.2, -0.15) is 0 Å². The minimum atomic E-state index is -0.384. The molecule has 0 bridgehead atoms. The number of amides is 2. The van der Waals surface area contributed by atoms with E-state index >= 15 is 0 Å². The van der Waals surface area contributed by atoms with Crippen LogP contribution in [0.15, 0.2) is 42.5 Å². The van der Waals surface area contributed by atoms with Crippen LogP contribution < -0.4 is 5.73 Å². The molecule has 2 aromatic rings. The van der Waals surface area contributed by atoms with Gasteiger partial charge in [0.2, 0.25) is 0 Å². The molecular weight excluding hydrogens is 212 g/mol. The van der Waals surface area contributed by atoms with Crippen molar-refractivity contribution in [1.82, 2.24) is 4.90 Å². The second kappa shape index (κ2) is 4.87. The third kappa shape index (κ3) is 2.75. The quantitative estimate of drug-likeness (QED) is 0.861. The highest BCUT2D eigenvalue weighted by Crippen LogP contribution is 2.15. The SMILES string of the molecule is CN(CCc1ccc2ccccc2c1)C(N)=O. The number of carbonyl (C=O) groups excluding carboxylic acids is 1. The zero-order valence-corrected chi connectivity index (χ0v) is 9.89. The Balaban J connectivity index is 2.12. The molecule has 0 aliphatic rings. The van der Waals surface area contributed by atoms with Crippen LogP contribution in [-0.2, 0) is 6.42 Å². The first-order chi connectivity index (χ1) is 8.16. The molecule has 2 N–H and O–H groups in total. The molecule has 0 atom stereocenters. The second-order valence-corrected chi connectivity index (χ2v) is 4.19. The summed E-state index contributed by atoms with van der Waals surface area (Å²) >= 11 is 0. The summed E-state index contributed by atoms with van der Waals surface area (Å²) in [5.74, 6) is 0. The van der Waals surface area contributed by atoms with Crippen molar-refractivity contribution in [3.05, 3.63) is 48.0 Å². The van der Waals surface area contributed by atoms with Crippen LogP contribution >= 0.6 is 0 Å². The van der Waals surface area contributed by atoms with Crippen LogP contribution in [0, 0.1) is 0 Å².